The SMILES string of the molecule is COc1ccc(-c2ncc(C(=O)NCC3CCCC(O)C3)s2)cc1. The van der Waals surface area contributed by atoms with Crippen LogP contribution in [-0.4, -0.2) is 35.8 Å². The molecule has 0 bridgehead atoms. The van der Waals surface area contributed by atoms with E-state index in [1.165, 1.54) is 11.3 Å². The maximum atomic E-state index is 12.3. The number of hydrogen-bond acceptors (Lipinski definition) is 5. The van der Waals surface area contributed by atoms with Crippen molar-refractivity contribution in [3.8, 4) is 16.3 Å². The third-order valence-corrected chi connectivity index (χ3v) is 5.42. The largest absolute Gasteiger partial charge is 0.497 e. The van der Waals surface area contributed by atoms with Crippen LogP contribution in [-0.2, 0) is 0 Å². The molecule has 1 amide bonds. The van der Waals surface area contributed by atoms with Crippen molar-refractivity contribution in [2.24, 2.45) is 5.92 Å². The highest BCUT2D eigenvalue weighted by Gasteiger charge is 2.21. The molecule has 1 fully saturated rings. The molecule has 0 aliphatic heterocycles. The van der Waals surface area contributed by atoms with E-state index in [4.69, 9.17) is 4.74 Å². The zero-order valence-corrected chi connectivity index (χ0v) is 14.5. The minimum Gasteiger partial charge on any atom is -0.497 e. The van der Waals surface area contributed by atoms with Crippen LogP contribution in [0.4, 0.5) is 0 Å². The number of thiazole rings is 1. The third-order valence-electron chi connectivity index (χ3n) is 4.37. The van der Waals surface area contributed by atoms with Crippen molar-refractivity contribution in [3.63, 3.8) is 0 Å². The summed E-state index contributed by atoms with van der Waals surface area (Å²) in [7, 11) is 1.63. The minimum absolute atomic E-state index is 0.0904. The second kappa shape index (κ2) is 7.77. The average molecular weight is 346 g/mol. The molecule has 2 N–H and O–H groups in total. The van der Waals surface area contributed by atoms with Gasteiger partial charge in [-0.25, -0.2) is 4.98 Å². The second-order valence-corrected chi connectivity index (χ2v) is 7.19. The summed E-state index contributed by atoms with van der Waals surface area (Å²) < 4.78 is 5.15. The quantitative estimate of drug-likeness (QED) is 0.873. The summed E-state index contributed by atoms with van der Waals surface area (Å²) in [5, 5.41) is 13.5. The smallest absolute Gasteiger partial charge is 0.263 e. The normalized spacial score (nSPS) is 20.6. The van der Waals surface area contributed by atoms with Crippen LogP contribution < -0.4 is 10.1 Å². The van der Waals surface area contributed by atoms with Crippen LogP contribution >= 0.6 is 11.3 Å². The van der Waals surface area contributed by atoms with E-state index in [1.54, 1.807) is 13.3 Å². The second-order valence-electron chi connectivity index (χ2n) is 6.15. The number of carbonyl (C=O) groups excluding carboxylic acids is 1. The first-order chi connectivity index (χ1) is 11.7. The van der Waals surface area contributed by atoms with Crippen molar-refractivity contribution in [2.45, 2.75) is 31.8 Å². The highest BCUT2D eigenvalue weighted by molar-refractivity contribution is 7.16. The first-order valence-electron chi connectivity index (χ1n) is 8.22. The lowest BCUT2D eigenvalue weighted by molar-refractivity contribution is 0.0876. The zero-order valence-electron chi connectivity index (χ0n) is 13.7. The summed E-state index contributed by atoms with van der Waals surface area (Å²) in [5.74, 6) is 1.07. The standard InChI is InChI=1S/C18H22N2O3S/c1-23-15-7-5-13(6-8-15)18-20-11-16(24-18)17(22)19-10-12-3-2-4-14(21)9-12/h5-8,11-12,14,21H,2-4,9-10H2,1H3,(H,19,22). The number of aliphatic hydroxyl groups is 1. The van der Waals surface area contributed by atoms with Crippen LogP contribution in [0.15, 0.2) is 30.5 Å². The molecule has 1 aromatic carbocycles. The van der Waals surface area contributed by atoms with E-state index in [9.17, 15) is 9.90 Å². The number of carbonyl (C=O) groups is 1. The Morgan fingerprint density at radius 3 is 2.88 bits per heavy atom. The van der Waals surface area contributed by atoms with E-state index in [-0.39, 0.29) is 12.0 Å². The van der Waals surface area contributed by atoms with E-state index >= 15 is 0 Å². The van der Waals surface area contributed by atoms with Gasteiger partial charge in [-0.3, -0.25) is 4.79 Å². The maximum absolute atomic E-state index is 12.3. The lowest BCUT2D eigenvalue weighted by Crippen LogP contribution is -2.32. The number of nitrogens with one attached hydrogen (secondary N) is 1. The van der Waals surface area contributed by atoms with Crippen molar-refractivity contribution in [1.82, 2.24) is 10.3 Å². The molecule has 1 aliphatic rings. The van der Waals surface area contributed by atoms with Crippen molar-refractivity contribution in [2.75, 3.05) is 13.7 Å². The third kappa shape index (κ3) is 4.13. The van der Waals surface area contributed by atoms with Gasteiger partial charge in [0.25, 0.3) is 5.91 Å². The van der Waals surface area contributed by atoms with E-state index in [2.05, 4.69) is 10.3 Å². The summed E-state index contributed by atoms with van der Waals surface area (Å²) in [6.07, 6.45) is 5.16. The molecule has 0 radical (unpaired) electrons. The van der Waals surface area contributed by atoms with Crippen LogP contribution in [0.2, 0.25) is 0 Å². The zero-order chi connectivity index (χ0) is 16.9. The van der Waals surface area contributed by atoms with Gasteiger partial charge < -0.3 is 15.2 Å². The Morgan fingerprint density at radius 2 is 2.17 bits per heavy atom. The van der Waals surface area contributed by atoms with E-state index in [0.717, 1.165) is 42.0 Å². The summed E-state index contributed by atoms with van der Waals surface area (Å²) in [5.41, 5.74) is 0.968. The first-order valence-corrected chi connectivity index (χ1v) is 9.04. The molecule has 0 saturated heterocycles. The molecule has 1 saturated carbocycles. The number of hydrogen-bond donors (Lipinski definition) is 2. The summed E-state index contributed by atoms with van der Waals surface area (Å²) in [6, 6.07) is 7.63. The van der Waals surface area contributed by atoms with Crippen molar-refractivity contribution in [3.05, 3.63) is 35.3 Å². The van der Waals surface area contributed by atoms with E-state index in [0.29, 0.717) is 17.3 Å². The number of nitrogens with zero attached hydrogens (tertiary/aromatic N) is 1. The lowest BCUT2D eigenvalue weighted by Gasteiger charge is -2.25. The summed E-state index contributed by atoms with van der Waals surface area (Å²) >= 11 is 1.38. The van der Waals surface area contributed by atoms with Gasteiger partial charge in [0.05, 0.1) is 19.4 Å². The number of aromatic nitrogens is 1. The van der Waals surface area contributed by atoms with Crippen LogP contribution in [0.5, 0.6) is 5.75 Å². The van der Waals surface area contributed by atoms with Gasteiger partial charge in [0.1, 0.15) is 15.6 Å². The number of amides is 1. The van der Waals surface area contributed by atoms with Crippen molar-refractivity contribution in [1.29, 1.82) is 0 Å². The predicted molar refractivity (Wildman–Crippen MR) is 94.4 cm³/mol. The van der Waals surface area contributed by atoms with Crippen LogP contribution in [0.3, 0.4) is 0 Å². The van der Waals surface area contributed by atoms with Gasteiger partial charge in [-0.2, -0.15) is 0 Å². The van der Waals surface area contributed by atoms with Crippen molar-refractivity contribution >= 4 is 17.2 Å². The molecule has 6 heteroatoms. The molecule has 1 aliphatic carbocycles. The van der Waals surface area contributed by atoms with Crippen molar-refractivity contribution < 1.29 is 14.6 Å². The Hall–Kier alpha value is -1.92. The number of methoxy groups -OCH3 is 1. The van der Waals surface area contributed by atoms with Gasteiger partial charge >= 0.3 is 0 Å². The number of rotatable bonds is 5. The van der Waals surface area contributed by atoms with Gasteiger partial charge in [0.15, 0.2) is 0 Å². The number of aliphatic hydroxyl groups excluding tert-OH is 1. The van der Waals surface area contributed by atoms with Gasteiger partial charge in [-0.1, -0.05) is 6.42 Å². The van der Waals surface area contributed by atoms with Gasteiger partial charge in [0.2, 0.25) is 0 Å². The molecule has 1 heterocycles. The van der Waals surface area contributed by atoms with Gasteiger partial charge in [-0.05, 0) is 49.4 Å². The monoisotopic (exact) mass is 346 g/mol. The Labute approximate surface area is 145 Å². The summed E-state index contributed by atoms with van der Waals surface area (Å²) in [4.78, 5) is 17.2. The highest BCUT2D eigenvalue weighted by atomic mass is 32.1. The molecular formula is C18H22N2O3S. The summed E-state index contributed by atoms with van der Waals surface area (Å²) in [6.45, 7) is 0.617. The van der Waals surface area contributed by atoms with Gasteiger partial charge in [0, 0.05) is 12.1 Å². The fourth-order valence-electron chi connectivity index (χ4n) is 3.02. The maximum Gasteiger partial charge on any atom is 0.263 e. The fourth-order valence-corrected chi connectivity index (χ4v) is 3.86. The Bertz CT molecular complexity index is 684. The van der Waals surface area contributed by atoms with E-state index in [1.807, 2.05) is 24.3 Å². The molecule has 2 aromatic rings. The molecule has 2 atom stereocenters. The number of ether oxygens (including phenoxy) is 1. The predicted octanol–water partition coefficient (Wildman–Crippen LogP) is 3.10. The molecule has 5 nitrogen and oxygen atoms in total. The molecule has 0 spiro atoms. The molecule has 2 unspecified atom stereocenters. The van der Waals surface area contributed by atoms with Gasteiger partial charge in [-0.15, -0.1) is 11.3 Å². The molecule has 3 rings (SSSR count). The highest BCUT2D eigenvalue weighted by Crippen LogP contribution is 2.27. The molecule has 1 aromatic heterocycles. The topological polar surface area (TPSA) is 71.5 Å². The number of benzene rings is 1. The fraction of sp³-hybridized carbons (Fsp3) is 0.444. The Balaban J connectivity index is 1.58. The van der Waals surface area contributed by atoms with Crippen LogP contribution in [0.1, 0.15) is 35.4 Å². The van der Waals surface area contributed by atoms with E-state index < -0.39 is 0 Å². The first kappa shape index (κ1) is 16.9. The minimum atomic E-state index is -0.217. The molecule has 128 valence electrons. The molecular weight excluding hydrogens is 324 g/mol. The lowest BCUT2D eigenvalue weighted by atomic mass is 9.87. The average Bonchev–Trinajstić information content (AvgIpc) is 3.10. The Morgan fingerprint density at radius 1 is 1.38 bits per heavy atom. The Kier molecular flexibility index (Phi) is 5.48. The molecule has 24 heavy (non-hydrogen) atoms. The van der Waals surface area contributed by atoms with Crippen LogP contribution in [0.25, 0.3) is 10.6 Å². The van der Waals surface area contributed by atoms with Crippen LogP contribution in [0, 0.1) is 5.92 Å².